The van der Waals surface area contributed by atoms with Crippen LogP contribution in [0.1, 0.15) is 40.5 Å². The van der Waals surface area contributed by atoms with E-state index in [2.05, 4.69) is 13.8 Å². The standard InChI is InChI=1S/C9H20O2/c1-8(2)6-5-7-11-9(3,4)10/h8,10H,5-7H2,1-4H3. The Bertz CT molecular complexity index is 92.2. The molecular formula is C9H20O2. The zero-order valence-corrected chi connectivity index (χ0v) is 8.05. The highest BCUT2D eigenvalue weighted by molar-refractivity contribution is 4.50. The fraction of sp³-hybridized carbons (Fsp3) is 1.00. The van der Waals surface area contributed by atoms with Crippen LogP contribution < -0.4 is 0 Å². The summed E-state index contributed by atoms with van der Waals surface area (Å²) in [7, 11) is 0. The van der Waals surface area contributed by atoms with E-state index in [9.17, 15) is 0 Å². The van der Waals surface area contributed by atoms with Crippen LogP contribution in [0.4, 0.5) is 0 Å². The van der Waals surface area contributed by atoms with Crippen molar-refractivity contribution in [3.63, 3.8) is 0 Å². The van der Waals surface area contributed by atoms with Crippen molar-refractivity contribution in [3.05, 3.63) is 0 Å². The number of aliphatic hydroxyl groups is 1. The molecule has 0 bridgehead atoms. The van der Waals surface area contributed by atoms with Crippen LogP contribution in [0.5, 0.6) is 0 Å². The predicted octanol–water partition coefficient (Wildman–Crippen LogP) is 2.17. The van der Waals surface area contributed by atoms with E-state index in [-0.39, 0.29) is 0 Å². The summed E-state index contributed by atoms with van der Waals surface area (Å²) < 4.78 is 5.14. The first-order valence-electron chi connectivity index (χ1n) is 4.28. The largest absolute Gasteiger partial charge is 0.366 e. The highest BCUT2D eigenvalue weighted by Crippen LogP contribution is 2.07. The van der Waals surface area contributed by atoms with Crippen LogP contribution in [0, 0.1) is 5.92 Å². The fourth-order valence-electron chi connectivity index (χ4n) is 0.814. The van der Waals surface area contributed by atoms with E-state index >= 15 is 0 Å². The van der Waals surface area contributed by atoms with Gasteiger partial charge in [0.25, 0.3) is 0 Å². The molecule has 0 aromatic carbocycles. The molecule has 0 atom stereocenters. The van der Waals surface area contributed by atoms with Crippen molar-refractivity contribution in [2.24, 2.45) is 5.92 Å². The lowest BCUT2D eigenvalue weighted by molar-refractivity contribution is -0.176. The van der Waals surface area contributed by atoms with Gasteiger partial charge in [-0.2, -0.15) is 0 Å². The summed E-state index contributed by atoms with van der Waals surface area (Å²) in [5.41, 5.74) is 0. The fourth-order valence-corrected chi connectivity index (χ4v) is 0.814. The van der Waals surface area contributed by atoms with Crippen LogP contribution in [0.3, 0.4) is 0 Å². The molecule has 0 aromatic rings. The maximum atomic E-state index is 9.16. The lowest BCUT2D eigenvalue weighted by Gasteiger charge is -2.18. The smallest absolute Gasteiger partial charge is 0.159 e. The Balaban J connectivity index is 3.15. The first kappa shape index (κ1) is 10.9. The topological polar surface area (TPSA) is 29.5 Å². The van der Waals surface area contributed by atoms with E-state index in [0.29, 0.717) is 6.61 Å². The van der Waals surface area contributed by atoms with E-state index in [1.165, 1.54) is 0 Å². The Kier molecular flexibility index (Phi) is 4.69. The SMILES string of the molecule is CC(C)CCCOC(C)(C)O. The molecule has 0 amide bonds. The third kappa shape index (κ3) is 9.92. The zero-order chi connectivity index (χ0) is 8.91. The van der Waals surface area contributed by atoms with Crippen molar-refractivity contribution in [2.45, 2.75) is 46.3 Å². The van der Waals surface area contributed by atoms with Gasteiger partial charge >= 0.3 is 0 Å². The summed E-state index contributed by atoms with van der Waals surface area (Å²) in [4.78, 5) is 0. The Morgan fingerprint density at radius 3 is 2.27 bits per heavy atom. The minimum absolute atomic E-state index is 0.654. The third-order valence-corrected chi connectivity index (χ3v) is 1.38. The van der Waals surface area contributed by atoms with Gasteiger partial charge in [0.1, 0.15) is 0 Å². The quantitative estimate of drug-likeness (QED) is 0.493. The highest BCUT2D eigenvalue weighted by Gasteiger charge is 2.11. The molecule has 0 aliphatic rings. The van der Waals surface area contributed by atoms with Crippen LogP contribution >= 0.6 is 0 Å². The van der Waals surface area contributed by atoms with Gasteiger partial charge in [-0.15, -0.1) is 0 Å². The lowest BCUT2D eigenvalue weighted by Crippen LogP contribution is -2.23. The summed E-state index contributed by atoms with van der Waals surface area (Å²) in [6, 6.07) is 0. The second kappa shape index (κ2) is 4.73. The van der Waals surface area contributed by atoms with Gasteiger partial charge in [0.2, 0.25) is 0 Å². The van der Waals surface area contributed by atoms with Crippen LogP contribution in [0.15, 0.2) is 0 Å². The van der Waals surface area contributed by atoms with Crippen LogP contribution in [-0.2, 0) is 4.74 Å². The molecule has 0 radical (unpaired) electrons. The Morgan fingerprint density at radius 2 is 1.91 bits per heavy atom. The minimum atomic E-state index is -0.961. The molecule has 0 aromatic heterocycles. The molecular weight excluding hydrogens is 140 g/mol. The van der Waals surface area contributed by atoms with Gasteiger partial charge in [-0.25, -0.2) is 0 Å². The van der Waals surface area contributed by atoms with Gasteiger partial charge in [0.05, 0.1) is 0 Å². The molecule has 0 fully saturated rings. The van der Waals surface area contributed by atoms with Crippen LogP contribution in [-0.4, -0.2) is 17.5 Å². The van der Waals surface area contributed by atoms with E-state index < -0.39 is 5.79 Å². The number of hydrogen-bond donors (Lipinski definition) is 1. The molecule has 0 heterocycles. The van der Waals surface area contributed by atoms with Crippen molar-refractivity contribution >= 4 is 0 Å². The molecule has 2 heteroatoms. The number of hydrogen-bond acceptors (Lipinski definition) is 2. The van der Waals surface area contributed by atoms with E-state index in [1.54, 1.807) is 13.8 Å². The third-order valence-electron chi connectivity index (χ3n) is 1.38. The van der Waals surface area contributed by atoms with Crippen molar-refractivity contribution < 1.29 is 9.84 Å². The first-order chi connectivity index (χ1) is 4.92. The molecule has 1 N–H and O–H groups in total. The summed E-state index contributed by atoms with van der Waals surface area (Å²) in [5.74, 6) is -0.239. The van der Waals surface area contributed by atoms with Crippen molar-refractivity contribution in [3.8, 4) is 0 Å². The van der Waals surface area contributed by atoms with Gasteiger partial charge in [-0.05, 0) is 32.6 Å². The summed E-state index contributed by atoms with van der Waals surface area (Å²) >= 11 is 0. The van der Waals surface area contributed by atoms with Gasteiger partial charge in [0.15, 0.2) is 5.79 Å². The number of ether oxygens (including phenoxy) is 1. The lowest BCUT2D eigenvalue weighted by atomic mass is 10.1. The first-order valence-corrected chi connectivity index (χ1v) is 4.28. The average Bonchev–Trinajstić information content (AvgIpc) is 1.78. The average molecular weight is 160 g/mol. The van der Waals surface area contributed by atoms with Crippen molar-refractivity contribution in [1.82, 2.24) is 0 Å². The van der Waals surface area contributed by atoms with Crippen LogP contribution in [0.25, 0.3) is 0 Å². The van der Waals surface area contributed by atoms with E-state index in [0.717, 1.165) is 18.8 Å². The Morgan fingerprint density at radius 1 is 1.36 bits per heavy atom. The molecule has 68 valence electrons. The molecule has 11 heavy (non-hydrogen) atoms. The van der Waals surface area contributed by atoms with Gasteiger partial charge in [-0.3, -0.25) is 0 Å². The second-order valence-corrected chi connectivity index (χ2v) is 3.83. The number of rotatable bonds is 5. The zero-order valence-electron chi connectivity index (χ0n) is 8.05. The molecule has 0 aliphatic heterocycles. The minimum Gasteiger partial charge on any atom is -0.366 e. The summed E-state index contributed by atoms with van der Waals surface area (Å²) in [6.07, 6.45) is 2.19. The highest BCUT2D eigenvalue weighted by atomic mass is 16.6. The molecule has 0 rings (SSSR count). The molecule has 0 saturated heterocycles. The van der Waals surface area contributed by atoms with Gasteiger partial charge in [0, 0.05) is 6.61 Å². The predicted molar refractivity (Wildman–Crippen MR) is 46.3 cm³/mol. The summed E-state index contributed by atoms with van der Waals surface area (Å²) in [5, 5.41) is 9.16. The normalized spacial score (nSPS) is 12.5. The van der Waals surface area contributed by atoms with E-state index in [1.807, 2.05) is 0 Å². The molecule has 0 aliphatic carbocycles. The van der Waals surface area contributed by atoms with Crippen LogP contribution in [0.2, 0.25) is 0 Å². The molecule has 0 unspecified atom stereocenters. The molecule has 2 nitrogen and oxygen atoms in total. The Hall–Kier alpha value is -0.0800. The van der Waals surface area contributed by atoms with Crippen molar-refractivity contribution in [2.75, 3.05) is 6.61 Å². The molecule has 0 saturated carbocycles. The Labute approximate surface area is 69.6 Å². The maximum Gasteiger partial charge on any atom is 0.159 e. The van der Waals surface area contributed by atoms with Gasteiger partial charge < -0.3 is 9.84 Å². The van der Waals surface area contributed by atoms with E-state index in [4.69, 9.17) is 9.84 Å². The monoisotopic (exact) mass is 160 g/mol. The van der Waals surface area contributed by atoms with Crippen molar-refractivity contribution in [1.29, 1.82) is 0 Å². The maximum absolute atomic E-state index is 9.16. The molecule has 0 spiro atoms. The summed E-state index contributed by atoms with van der Waals surface area (Å²) in [6.45, 7) is 8.33. The van der Waals surface area contributed by atoms with Gasteiger partial charge in [-0.1, -0.05) is 13.8 Å². The second-order valence-electron chi connectivity index (χ2n) is 3.83.